The highest BCUT2D eigenvalue weighted by molar-refractivity contribution is 5.79. The molecule has 1 atom stereocenters. The van der Waals surface area contributed by atoms with Gasteiger partial charge in [0.1, 0.15) is 0 Å². The van der Waals surface area contributed by atoms with Crippen LogP contribution in [0.3, 0.4) is 0 Å². The third kappa shape index (κ3) is 2.39. The first kappa shape index (κ1) is 11.1. The number of carbonyl (C=O) groups is 1. The molecule has 1 amide bonds. The van der Waals surface area contributed by atoms with Crippen LogP contribution < -0.4 is 5.73 Å². The smallest absolute Gasteiger partial charge is 0.228 e. The lowest BCUT2D eigenvalue weighted by Crippen LogP contribution is -2.33. The molecule has 1 saturated heterocycles. The van der Waals surface area contributed by atoms with E-state index in [4.69, 9.17) is 5.73 Å². The number of nitrogens with two attached hydrogens (primary N) is 1. The molecule has 0 radical (unpaired) electrons. The first-order chi connectivity index (χ1) is 7.66. The Morgan fingerprint density at radius 1 is 1.69 bits per heavy atom. The summed E-state index contributed by atoms with van der Waals surface area (Å²) < 4.78 is 0. The molecule has 1 aromatic heterocycles. The van der Waals surface area contributed by atoms with Crippen molar-refractivity contribution in [2.45, 2.75) is 25.8 Å². The van der Waals surface area contributed by atoms with E-state index >= 15 is 0 Å². The van der Waals surface area contributed by atoms with Gasteiger partial charge in [-0.1, -0.05) is 6.07 Å². The summed E-state index contributed by atoms with van der Waals surface area (Å²) in [6.07, 6.45) is 3.03. The number of aryl methyl sites for hydroxylation is 1. The van der Waals surface area contributed by atoms with Gasteiger partial charge in [-0.2, -0.15) is 0 Å². The highest BCUT2D eigenvalue weighted by Crippen LogP contribution is 2.11. The maximum absolute atomic E-state index is 11.9. The zero-order chi connectivity index (χ0) is 11.5. The van der Waals surface area contributed by atoms with Gasteiger partial charge in [-0.15, -0.1) is 0 Å². The molecule has 0 aromatic carbocycles. The van der Waals surface area contributed by atoms with Gasteiger partial charge in [0.15, 0.2) is 0 Å². The van der Waals surface area contributed by atoms with Gasteiger partial charge in [0.2, 0.25) is 5.91 Å². The molecule has 0 bridgehead atoms. The summed E-state index contributed by atoms with van der Waals surface area (Å²) >= 11 is 0. The highest BCUT2D eigenvalue weighted by Gasteiger charge is 2.23. The molecule has 4 heteroatoms. The van der Waals surface area contributed by atoms with Crippen LogP contribution in [0.2, 0.25) is 0 Å². The zero-order valence-corrected chi connectivity index (χ0v) is 9.52. The van der Waals surface area contributed by atoms with Crippen molar-refractivity contribution in [2.24, 2.45) is 5.73 Å². The van der Waals surface area contributed by atoms with Crippen LogP contribution in [0.4, 0.5) is 0 Å². The number of nitrogens with zero attached hydrogens (tertiary/aromatic N) is 2. The monoisotopic (exact) mass is 219 g/mol. The van der Waals surface area contributed by atoms with Gasteiger partial charge in [0.25, 0.3) is 0 Å². The summed E-state index contributed by atoms with van der Waals surface area (Å²) in [4.78, 5) is 18.0. The number of hydrogen-bond acceptors (Lipinski definition) is 3. The quantitative estimate of drug-likeness (QED) is 0.787. The number of hydrogen-bond donors (Lipinski definition) is 1. The summed E-state index contributed by atoms with van der Waals surface area (Å²) in [6.45, 7) is 3.45. The van der Waals surface area contributed by atoms with Crippen LogP contribution in [0.1, 0.15) is 17.7 Å². The molecule has 4 nitrogen and oxygen atoms in total. The Balaban J connectivity index is 2.00. The van der Waals surface area contributed by atoms with Crippen LogP contribution >= 0.6 is 0 Å². The molecule has 0 unspecified atom stereocenters. The molecule has 2 rings (SSSR count). The predicted molar refractivity (Wildman–Crippen MR) is 61.9 cm³/mol. The molecule has 16 heavy (non-hydrogen) atoms. The van der Waals surface area contributed by atoms with E-state index in [1.807, 2.05) is 24.0 Å². The minimum Gasteiger partial charge on any atom is -0.341 e. The predicted octanol–water partition coefficient (Wildman–Crippen LogP) is 0.492. The van der Waals surface area contributed by atoms with Crippen molar-refractivity contribution in [1.82, 2.24) is 9.88 Å². The van der Waals surface area contributed by atoms with Crippen LogP contribution in [0.25, 0.3) is 0 Å². The number of amides is 1. The molecule has 2 N–H and O–H groups in total. The Labute approximate surface area is 95.5 Å². The fourth-order valence-electron chi connectivity index (χ4n) is 1.97. The first-order valence-electron chi connectivity index (χ1n) is 5.60. The second kappa shape index (κ2) is 4.61. The Hall–Kier alpha value is -1.42. The van der Waals surface area contributed by atoms with Crippen LogP contribution in [-0.2, 0) is 11.2 Å². The van der Waals surface area contributed by atoms with E-state index < -0.39 is 0 Å². The van der Waals surface area contributed by atoms with E-state index in [9.17, 15) is 4.79 Å². The third-order valence-corrected chi connectivity index (χ3v) is 3.01. The SMILES string of the molecule is Cc1cccnc1CC(=O)N1CC[C@@H](N)C1. The number of pyridine rings is 1. The van der Waals surface area contributed by atoms with E-state index in [-0.39, 0.29) is 11.9 Å². The van der Waals surface area contributed by atoms with Crippen LogP contribution in [0.15, 0.2) is 18.3 Å². The van der Waals surface area contributed by atoms with Crippen molar-refractivity contribution in [2.75, 3.05) is 13.1 Å². The number of rotatable bonds is 2. The van der Waals surface area contributed by atoms with Crippen molar-refractivity contribution < 1.29 is 4.79 Å². The lowest BCUT2D eigenvalue weighted by Gasteiger charge is -2.15. The number of likely N-dealkylation sites (tertiary alicyclic amines) is 1. The Kier molecular flexibility index (Phi) is 3.19. The van der Waals surface area contributed by atoms with Gasteiger partial charge >= 0.3 is 0 Å². The number of aromatic nitrogens is 1. The Morgan fingerprint density at radius 3 is 3.12 bits per heavy atom. The summed E-state index contributed by atoms with van der Waals surface area (Å²) in [5, 5.41) is 0. The minimum atomic E-state index is 0.134. The van der Waals surface area contributed by atoms with E-state index in [1.165, 1.54) is 0 Å². The second-order valence-corrected chi connectivity index (χ2v) is 4.33. The maximum Gasteiger partial charge on any atom is 0.228 e. The summed E-state index contributed by atoms with van der Waals surface area (Å²) in [5.74, 6) is 0.134. The third-order valence-electron chi connectivity index (χ3n) is 3.01. The largest absolute Gasteiger partial charge is 0.341 e. The maximum atomic E-state index is 11.9. The van der Waals surface area contributed by atoms with Gasteiger partial charge in [-0.05, 0) is 25.0 Å². The molecule has 0 aliphatic carbocycles. The van der Waals surface area contributed by atoms with Crippen molar-refractivity contribution in [3.63, 3.8) is 0 Å². The standard InChI is InChI=1S/C12H17N3O/c1-9-3-2-5-14-11(9)7-12(16)15-6-4-10(13)8-15/h2-3,5,10H,4,6-8,13H2,1H3/t10-/m1/s1. The van der Waals surface area contributed by atoms with Crippen molar-refractivity contribution in [3.8, 4) is 0 Å². The Bertz CT molecular complexity index is 392. The van der Waals surface area contributed by atoms with Crippen LogP contribution in [-0.4, -0.2) is 34.9 Å². The van der Waals surface area contributed by atoms with Crippen molar-refractivity contribution >= 4 is 5.91 Å². The molecule has 1 aliphatic rings. The number of carbonyl (C=O) groups excluding carboxylic acids is 1. The molecule has 0 saturated carbocycles. The molecular formula is C12H17N3O. The summed E-state index contributed by atoms with van der Waals surface area (Å²) in [7, 11) is 0. The van der Waals surface area contributed by atoms with Gasteiger partial charge in [0.05, 0.1) is 12.1 Å². The van der Waals surface area contributed by atoms with Gasteiger partial charge in [-0.25, -0.2) is 0 Å². The van der Waals surface area contributed by atoms with Crippen molar-refractivity contribution in [3.05, 3.63) is 29.6 Å². The lowest BCUT2D eigenvalue weighted by molar-refractivity contribution is -0.129. The van der Waals surface area contributed by atoms with E-state index in [0.717, 1.165) is 24.2 Å². The topological polar surface area (TPSA) is 59.2 Å². The summed E-state index contributed by atoms with van der Waals surface area (Å²) in [6, 6.07) is 4.01. The van der Waals surface area contributed by atoms with E-state index in [1.54, 1.807) is 6.20 Å². The molecule has 1 aliphatic heterocycles. The molecule has 1 fully saturated rings. The summed E-state index contributed by atoms with van der Waals surface area (Å²) in [5.41, 5.74) is 7.71. The first-order valence-corrected chi connectivity index (χ1v) is 5.60. The van der Waals surface area contributed by atoms with E-state index in [0.29, 0.717) is 13.0 Å². The second-order valence-electron chi connectivity index (χ2n) is 4.33. The van der Waals surface area contributed by atoms with Crippen molar-refractivity contribution in [1.29, 1.82) is 0 Å². The average Bonchev–Trinajstić information content (AvgIpc) is 2.68. The van der Waals surface area contributed by atoms with E-state index in [2.05, 4.69) is 4.98 Å². The Morgan fingerprint density at radius 2 is 2.50 bits per heavy atom. The fourth-order valence-corrected chi connectivity index (χ4v) is 1.97. The molecule has 2 heterocycles. The molecule has 0 spiro atoms. The zero-order valence-electron chi connectivity index (χ0n) is 9.52. The lowest BCUT2D eigenvalue weighted by atomic mass is 10.1. The van der Waals surface area contributed by atoms with Gasteiger partial charge < -0.3 is 10.6 Å². The minimum absolute atomic E-state index is 0.134. The highest BCUT2D eigenvalue weighted by atomic mass is 16.2. The van der Waals surface area contributed by atoms with Crippen LogP contribution in [0.5, 0.6) is 0 Å². The normalized spacial score (nSPS) is 20.1. The van der Waals surface area contributed by atoms with Gasteiger partial charge in [0, 0.05) is 25.3 Å². The fraction of sp³-hybridized carbons (Fsp3) is 0.500. The molecule has 86 valence electrons. The van der Waals surface area contributed by atoms with Crippen LogP contribution in [0, 0.1) is 6.92 Å². The molecule has 1 aromatic rings. The van der Waals surface area contributed by atoms with Gasteiger partial charge in [-0.3, -0.25) is 9.78 Å². The average molecular weight is 219 g/mol. The molecular weight excluding hydrogens is 202 g/mol.